The lowest BCUT2D eigenvalue weighted by molar-refractivity contribution is -0.152. The number of nitrogens with one attached hydrogen (secondary N) is 2. The minimum atomic E-state index is -1.07. The van der Waals surface area contributed by atoms with Crippen molar-refractivity contribution in [2.45, 2.75) is 39.2 Å². The molecular formula is C23H29N3O4. The van der Waals surface area contributed by atoms with Crippen LogP contribution in [0.5, 0.6) is 0 Å². The zero-order chi connectivity index (χ0) is 21.7. The Kier molecular flexibility index (Phi) is 6.59. The Labute approximate surface area is 176 Å². The maximum atomic E-state index is 13.0. The van der Waals surface area contributed by atoms with Crippen LogP contribution in [-0.2, 0) is 14.3 Å². The molecule has 0 unspecified atom stereocenters. The molecule has 1 aliphatic heterocycles. The van der Waals surface area contributed by atoms with Crippen molar-refractivity contribution >= 4 is 34.4 Å². The molecule has 1 fully saturated rings. The molecule has 1 aliphatic rings. The first-order valence-corrected chi connectivity index (χ1v) is 10.3. The summed E-state index contributed by atoms with van der Waals surface area (Å²) in [6, 6.07) is 13.1. The highest BCUT2D eigenvalue weighted by Crippen LogP contribution is 2.22. The molecule has 0 aromatic heterocycles. The second-order valence-corrected chi connectivity index (χ2v) is 8.08. The van der Waals surface area contributed by atoms with Gasteiger partial charge >= 0.3 is 12.0 Å². The van der Waals surface area contributed by atoms with Gasteiger partial charge in [-0.1, -0.05) is 30.3 Å². The maximum absolute atomic E-state index is 13.0. The van der Waals surface area contributed by atoms with Gasteiger partial charge in [-0.2, -0.15) is 0 Å². The van der Waals surface area contributed by atoms with E-state index < -0.39 is 11.6 Å². The van der Waals surface area contributed by atoms with Gasteiger partial charge in [-0.25, -0.2) is 4.79 Å². The second-order valence-electron chi connectivity index (χ2n) is 8.08. The Balaban J connectivity index is 1.56. The van der Waals surface area contributed by atoms with E-state index in [9.17, 15) is 14.4 Å². The number of fused-ring (bicyclic) bond motifs is 1. The average molecular weight is 412 g/mol. The van der Waals surface area contributed by atoms with Gasteiger partial charge in [0.05, 0.1) is 12.5 Å². The van der Waals surface area contributed by atoms with Crippen molar-refractivity contribution in [3.05, 3.63) is 42.5 Å². The van der Waals surface area contributed by atoms with E-state index in [2.05, 4.69) is 10.6 Å². The topological polar surface area (TPSA) is 87.7 Å². The highest BCUT2D eigenvalue weighted by Gasteiger charge is 2.36. The molecule has 30 heavy (non-hydrogen) atoms. The standard InChI is InChI=1S/C23H29N3O4/c1-4-30-20(27)17-11-13-26(14-12-17)21(28)23(2,3)25-22(29)24-19-10-9-16-7-5-6-8-18(16)15-19/h5-10,15,17H,4,11-14H2,1-3H3,(H2,24,25,29). The van der Waals surface area contributed by atoms with Crippen LogP contribution in [0.4, 0.5) is 10.5 Å². The predicted octanol–water partition coefficient (Wildman–Crippen LogP) is 3.54. The third kappa shape index (κ3) is 5.09. The molecular weight excluding hydrogens is 382 g/mol. The number of likely N-dealkylation sites (tertiary alicyclic amines) is 1. The summed E-state index contributed by atoms with van der Waals surface area (Å²) in [4.78, 5) is 39.0. The number of piperidine rings is 1. The number of nitrogens with zero attached hydrogens (tertiary/aromatic N) is 1. The Bertz CT molecular complexity index is 933. The molecule has 1 heterocycles. The van der Waals surface area contributed by atoms with Crippen molar-refractivity contribution in [2.24, 2.45) is 5.92 Å². The van der Waals surface area contributed by atoms with Gasteiger partial charge in [-0.05, 0) is 56.5 Å². The number of amides is 3. The molecule has 2 N–H and O–H groups in total. The van der Waals surface area contributed by atoms with Gasteiger partial charge in [0.15, 0.2) is 0 Å². The van der Waals surface area contributed by atoms with Gasteiger partial charge in [0, 0.05) is 18.8 Å². The Hall–Kier alpha value is -3.09. The molecule has 3 rings (SSSR count). The van der Waals surface area contributed by atoms with E-state index in [1.165, 1.54) is 0 Å². The van der Waals surface area contributed by atoms with Gasteiger partial charge in [0.1, 0.15) is 5.54 Å². The molecule has 2 aromatic rings. The SMILES string of the molecule is CCOC(=O)C1CCN(C(=O)C(C)(C)NC(=O)Nc2ccc3ccccc3c2)CC1. The van der Waals surface area contributed by atoms with Crippen molar-refractivity contribution in [3.8, 4) is 0 Å². The molecule has 0 atom stereocenters. The van der Waals surface area contributed by atoms with Crippen LogP contribution in [0.1, 0.15) is 33.6 Å². The Morgan fingerprint density at radius 2 is 1.73 bits per heavy atom. The molecule has 0 aliphatic carbocycles. The molecule has 0 bridgehead atoms. The number of hydrogen-bond acceptors (Lipinski definition) is 4. The molecule has 160 valence electrons. The Morgan fingerprint density at radius 3 is 2.40 bits per heavy atom. The van der Waals surface area contributed by atoms with Crippen LogP contribution in [-0.4, -0.2) is 48.0 Å². The summed E-state index contributed by atoms with van der Waals surface area (Å²) in [5.41, 5.74) is -0.415. The van der Waals surface area contributed by atoms with Crippen molar-refractivity contribution in [1.29, 1.82) is 0 Å². The highest BCUT2D eigenvalue weighted by molar-refractivity contribution is 5.97. The lowest BCUT2D eigenvalue weighted by Gasteiger charge is -2.36. The highest BCUT2D eigenvalue weighted by atomic mass is 16.5. The minimum absolute atomic E-state index is 0.165. The number of benzene rings is 2. The maximum Gasteiger partial charge on any atom is 0.320 e. The smallest absolute Gasteiger partial charge is 0.320 e. The van der Waals surface area contributed by atoms with E-state index in [0.717, 1.165) is 10.8 Å². The van der Waals surface area contributed by atoms with Crippen LogP contribution in [0.2, 0.25) is 0 Å². The lowest BCUT2D eigenvalue weighted by Crippen LogP contribution is -2.58. The van der Waals surface area contributed by atoms with E-state index in [1.807, 2.05) is 42.5 Å². The first-order valence-electron chi connectivity index (χ1n) is 10.3. The van der Waals surface area contributed by atoms with E-state index >= 15 is 0 Å². The molecule has 3 amide bonds. The molecule has 7 nitrogen and oxygen atoms in total. The average Bonchev–Trinajstić information content (AvgIpc) is 2.73. The first-order chi connectivity index (χ1) is 14.3. The Morgan fingerprint density at radius 1 is 1.07 bits per heavy atom. The quantitative estimate of drug-likeness (QED) is 0.737. The number of carbonyl (C=O) groups is 3. The van der Waals surface area contributed by atoms with Crippen LogP contribution >= 0.6 is 0 Å². The molecule has 0 saturated carbocycles. The number of esters is 1. The zero-order valence-electron chi connectivity index (χ0n) is 17.7. The number of urea groups is 1. The monoisotopic (exact) mass is 411 g/mol. The first kappa shape index (κ1) is 21.6. The fourth-order valence-corrected chi connectivity index (χ4v) is 3.74. The minimum Gasteiger partial charge on any atom is -0.466 e. The number of ether oxygens (including phenoxy) is 1. The zero-order valence-corrected chi connectivity index (χ0v) is 17.7. The van der Waals surface area contributed by atoms with E-state index in [4.69, 9.17) is 4.74 Å². The molecule has 1 saturated heterocycles. The summed E-state index contributed by atoms with van der Waals surface area (Å²) in [6.07, 6.45) is 1.15. The fourth-order valence-electron chi connectivity index (χ4n) is 3.74. The normalized spacial score (nSPS) is 15.0. The molecule has 2 aromatic carbocycles. The van der Waals surface area contributed by atoms with Crippen molar-refractivity contribution < 1.29 is 19.1 Å². The van der Waals surface area contributed by atoms with E-state index in [1.54, 1.807) is 25.7 Å². The summed E-state index contributed by atoms with van der Waals surface area (Å²) in [6.45, 7) is 6.47. The predicted molar refractivity (Wildman–Crippen MR) is 116 cm³/mol. The van der Waals surface area contributed by atoms with Crippen molar-refractivity contribution in [2.75, 3.05) is 25.0 Å². The summed E-state index contributed by atoms with van der Waals surface area (Å²) < 4.78 is 5.07. The van der Waals surface area contributed by atoms with Crippen LogP contribution < -0.4 is 10.6 Å². The van der Waals surface area contributed by atoms with Crippen molar-refractivity contribution in [3.63, 3.8) is 0 Å². The van der Waals surface area contributed by atoms with Crippen LogP contribution in [0, 0.1) is 5.92 Å². The van der Waals surface area contributed by atoms with Crippen LogP contribution in [0.15, 0.2) is 42.5 Å². The molecule has 7 heteroatoms. The van der Waals surface area contributed by atoms with Gasteiger partial charge in [-0.15, -0.1) is 0 Å². The van der Waals surface area contributed by atoms with Gasteiger partial charge in [-0.3, -0.25) is 9.59 Å². The van der Waals surface area contributed by atoms with Crippen molar-refractivity contribution in [1.82, 2.24) is 10.2 Å². The largest absolute Gasteiger partial charge is 0.466 e. The fraction of sp³-hybridized carbons (Fsp3) is 0.435. The summed E-state index contributed by atoms with van der Waals surface area (Å²) in [5.74, 6) is -0.531. The third-order valence-corrected chi connectivity index (χ3v) is 5.37. The van der Waals surface area contributed by atoms with Gasteiger partial charge in [0.25, 0.3) is 0 Å². The van der Waals surface area contributed by atoms with Crippen LogP contribution in [0.3, 0.4) is 0 Å². The third-order valence-electron chi connectivity index (χ3n) is 5.37. The molecule has 0 radical (unpaired) electrons. The number of anilines is 1. The summed E-state index contributed by atoms with van der Waals surface area (Å²) in [7, 11) is 0. The van der Waals surface area contributed by atoms with E-state index in [-0.39, 0.29) is 17.8 Å². The summed E-state index contributed by atoms with van der Waals surface area (Å²) in [5, 5.41) is 7.68. The van der Waals surface area contributed by atoms with Crippen LogP contribution in [0.25, 0.3) is 10.8 Å². The molecule has 0 spiro atoms. The lowest BCUT2D eigenvalue weighted by atomic mass is 9.94. The van der Waals surface area contributed by atoms with E-state index in [0.29, 0.717) is 38.2 Å². The number of carbonyl (C=O) groups excluding carboxylic acids is 3. The second kappa shape index (κ2) is 9.15. The summed E-state index contributed by atoms with van der Waals surface area (Å²) >= 11 is 0. The number of hydrogen-bond donors (Lipinski definition) is 2. The van der Waals surface area contributed by atoms with Gasteiger partial charge in [0.2, 0.25) is 5.91 Å². The number of rotatable bonds is 5. The van der Waals surface area contributed by atoms with Gasteiger partial charge < -0.3 is 20.3 Å².